The molecule has 13 heteroatoms. The highest BCUT2D eigenvalue weighted by atomic mass is 35.5. The first-order valence-electron chi connectivity index (χ1n) is 15.5. The number of likely N-dealkylation sites (N-methyl/N-ethyl adjacent to an activating group) is 1. The Morgan fingerprint density at radius 2 is 1.74 bits per heavy atom. The molecule has 0 saturated carbocycles. The minimum atomic E-state index is -0.378. The number of fused-ring (bicyclic) bond motifs is 1. The van der Waals surface area contributed by atoms with Gasteiger partial charge in [-0.1, -0.05) is 12.1 Å². The number of hydrogen-bond acceptors (Lipinski definition) is 8. The number of H-pyrrole nitrogens is 1. The highest BCUT2D eigenvalue weighted by Crippen LogP contribution is 2.32. The van der Waals surface area contributed by atoms with Crippen LogP contribution < -0.4 is 19.7 Å². The lowest BCUT2D eigenvalue weighted by atomic mass is 10.1. The number of carbonyl (C=O) groups excluding carboxylic acids is 3. The highest BCUT2D eigenvalue weighted by Gasteiger charge is 2.21. The van der Waals surface area contributed by atoms with Crippen LogP contribution in [-0.2, 0) is 4.79 Å². The number of aromatic amines is 1. The zero-order chi connectivity index (χ0) is 32.6. The van der Waals surface area contributed by atoms with E-state index in [9.17, 15) is 14.4 Å². The van der Waals surface area contributed by atoms with Gasteiger partial charge in [0.25, 0.3) is 11.8 Å². The van der Waals surface area contributed by atoms with E-state index in [2.05, 4.69) is 32.7 Å². The summed E-state index contributed by atoms with van der Waals surface area (Å²) in [4.78, 5) is 44.9. The fourth-order valence-corrected chi connectivity index (χ4v) is 5.44. The third kappa shape index (κ3) is 8.57. The number of halogens is 1. The smallest absolute Gasteiger partial charge is 0.258 e. The number of ether oxygens (including phenoxy) is 2. The van der Waals surface area contributed by atoms with E-state index < -0.39 is 0 Å². The topological polar surface area (TPSA) is 133 Å². The third-order valence-corrected chi connectivity index (χ3v) is 8.22. The number of rotatable bonds is 12. The molecule has 4 aromatic rings. The maximum atomic E-state index is 13.6. The summed E-state index contributed by atoms with van der Waals surface area (Å²) in [5.41, 5.74) is 3.85. The Balaban J connectivity index is 0.00000500. The fraction of sp³-hybridized carbons (Fsp3) is 0.382. The first-order valence-corrected chi connectivity index (χ1v) is 15.5. The van der Waals surface area contributed by atoms with Crippen LogP contribution in [0.2, 0.25) is 0 Å². The Bertz CT molecular complexity index is 1700. The Kier molecular flexibility index (Phi) is 12.2. The largest absolute Gasteiger partial charge is 0.495 e. The normalized spacial score (nSPS) is 13.1. The van der Waals surface area contributed by atoms with Crippen LogP contribution in [0.4, 0.5) is 11.4 Å². The van der Waals surface area contributed by atoms with Gasteiger partial charge in [-0.2, -0.15) is 15.4 Å². The SMILES string of the molecule is COc1cc(C(=O)N(C)c2ccc(C)cc2OCCCCCC(=O)N2CCN(C)CC2)ccc1NC(=O)c1cccc2n[nH]nc12.Cl. The molecule has 250 valence electrons. The van der Waals surface area contributed by atoms with Crippen molar-refractivity contribution in [2.24, 2.45) is 0 Å². The van der Waals surface area contributed by atoms with Crippen molar-refractivity contribution in [2.45, 2.75) is 32.6 Å². The number of amides is 3. The van der Waals surface area contributed by atoms with Crippen LogP contribution in [0.1, 0.15) is 52.0 Å². The number of nitrogens with zero attached hydrogens (tertiary/aromatic N) is 5. The number of piperazine rings is 1. The summed E-state index contributed by atoms with van der Waals surface area (Å²) in [6.07, 6.45) is 3.06. The first kappa shape index (κ1) is 35.2. The molecule has 0 radical (unpaired) electrons. The Morgan fingerprint density at radius 3 is 2.51 bits per heavy atom. The van der Waals surface area contributed by atoms with Crippen molar-refractivity contribution in [3.05, 3.63) is 71.3 Å². The van der Waals surface area contributed by atoms with Gasteiger partial charge in [0.15, 0.2) is 0 Å². The Morgan fingerprint density at radius 1 is 0.957 bits per heavy atom. The van der Waals surface area contributed by atoms with Crippen LogP contribution in [0.3, 0.4) is 0 Å². The molecule has 3 amide bonds. The average Bonchev–Trinajstić information content (AvgIpc) is 3.55. The van der Waals surface area contributed by atoms with Crippen molar-refractivity contribution in [3.63, 3.8) is 0 Å². The Labute approximate surface area is 280 Å². The molecule has 1 aliphatic heterocycles. The van der Waals surface area contributed by atoms with Crippen molar-refractivity contribution in [1.29, 1.82) is 0 Å². The van der Waals surface area contributed by atoms with Crippen molar-refractivity contribution in [1.82, 2.24) is 25.2 Å². The lowest BCUT2D eigenvalue weighted by Gasteiger charge is -2.32. The predicted molar refractivity (Wildman–Crippen MR) is 184 cm³/mol. The number of unbranched alkanes of at least 4 members (excludes halogenated alkanes) is 2. The molecule has 5 rings (SSSR count). The van der Waals surface area contributed by atoms with E-state index in [1.807, 2.05) is 30.0 Å². The molecular formula is C34H42ClN7O5. The summed E-state index contributed by atoms with van der Waals surface area (Å²) in [7, 11) is 5.26. The van der Waals surface area contributed by atoms with Gasteiger partial charge < -0.3 is 29.5 Å². The second-order valence-corrected chi connectivity index (χ2v) is 11.5. The monoisotopic (exact) mass is 663 g/mol. The number of para-hydroxylation sites is 1. The van der Waals surface area contributed by atoms with Crippen molar-refractivity contribution >= 4 is 52.5 Å². The number of aromatic nitrogens is 3. The molecule has 1 saturated heterocycles. The number of methoxy groups -OCH3 is 1. The maximum Gasteiger partial charge on any atom is 0.258 e. The quantitative estimate of drug-likeness (QED) is 0.204. The van der Waals surface area contributed by atoms with Crippen LogP contribution >= 0.6 is 12.4 Å². The maximum absolute atomic E-state index is 13.6. The summed E-state index contributed by atoms with van der Waals surface area (Å²) < 4.78 is 11.7. The van der Waals surface area contributed by atoms with E-state index in [1.165, 1.54) is 7.11 Å². The van der Waals surface area contributed by atoms with Gasteiger partial charge in [0.2, 0.25) is 5.91 Å². The lowest BCUT2D eigenvalue weighted by Crippen LogP contribution is -2.47. The highest BCUT2D eigenvalue weighted by molar-refractivity contribution is 6.12. The molecule has 0 spiro atoms. The molecule has 3 aromatic carbocycles. The van der Waals surface area contributed by atoms with Crippen LogP contribution in [0.15, 0.2) is 54.6 Å². The molecule has 2 N–H and O–H groups in total. The van der Waals surface area contributed by atoms with Crippen molar-refractivity contribution < 1.29 is 23.9 Å². The molecule has 0 bridgehead atoms. The van der Waals surface area contributed by atoms with E-state index in [0.717, 1.165) is 51.0 Å². The molecular weight excluding hydrogens is 622 g/mol. The van der Waals surface area contributed by atoms with E-state index >= 15 is 0 Å². The predicted octanol–water partition coefficient (Wildman–Crippen LogP) is 4.94. The molecule has 0 unspecified atom stereocenters. The number of aryl methyl sites for hydroxylation is 1. The summed E-state index contributed by atoms with van der Waals surface area (Å²) in [5.74, 6) is 0.539. The number of anilines is 2. The number of nitrogens with one attached hydrogen (secondary N) is 2. The number of benzene rings is 3. The van der Waals surface area contributed by atoms with E-state index in [1.54, 1.807) is 48.3 Å². The summed E-state index contributed by atoms with van der Waals surface area (Å²) in [6, 6.07) is 15.8. The van der Waals surface area contributed by atoms with Crippen LogP contribution in [0.5, 0.6) is 11.5 Å². The average molecular weight is 664 g/mol. The van der Waals surface area contributed by atoms with E-state index in [-0.39, 0.29) is 30.1 Å². The number of carbonyl (C=O) groups is 3. The molecule has 0 aliphatic carbocycles. The first-order chi connectivity index (χ1) is 22.2. The molecule has 47 heavy (non-hydrogen) atoms. The Hall–Kier alpha value is -4.68. The molecule has 12 nitrogen and oxygen atoms in total. The van der Waals surface area contributed by atoms with Gasteiger partial charge in [0, 0.05) is 45.2 Å². The second-order valence-electron chi connectivity index (χ2n) is 11.5. The summed E-state index contributed by atoms with van der Waals surface area (Å²) in [5, 5.41) is 13.5. The molecule has 1 aliphatic rings. The van der Waals surface area contributed by atoms with Crippen molar-refractivity contribution in [3.8, 4) is 11.5 Å². The molecule has 2 heterocycles. The van der Waals surface area contributed by atoms with E-state index in [0.29, 0.717) is 58.1 Å². The fourth-order valence-electron chi connectivity index (χ4n) is 5.44. The van der Waals surface area contributed by atoms with Crippen LogP contribution in [0, 0.1) is 6.92 Å². The molecule has 1 fully saturated rings. The van der Waals surface area contributed by atoms with Gasteiger partial charge in [-0.05, 0) is 81.3 Å². The van der Waals surface area contributed by atoms with Gasteiger partial charge in [0.05, 0.1) is 30.7 Å². The number of hydrogen-bond donors (Lipinski definition) is 2. The van der Waals surface area contributed by atoms with Gasteiger partial charge in [-0.3, -0.25) is 14.4 Å². The van der Waals surface area contributed by atoms with Gasteiger partial charge in [0.1, 0.15) is 22.5 Å². The van der Waals surface area contributed by atoms with Gasteiger partial charge in [-0.15, -0.1) is 12.4 Å². The zero-order valence-electron chi connectivity index (χ0n) is 27.2. The second kappa shape index (κ2) is 16.2. The van der Waals surface area contributed by atoms with Crippen molar-refractivity contribution in [2.75, 3.05) is 64.2 Å². The molecule has 1 aromatic heterocycles. The standard InChI is InChI=1S/C34H41N7O5.ClH/c1-23-12-15-28(30(21-23)46-20-7-5-6-11-31(42)41-18-16-39(2)17-19-41)40(3)34(44)24-13-14-26(29(22-24)45-4)35-33(43)25-9-8-10-27-32(25)37-38-36-27;/h8-10,12-15,21-22H,5-7,11,16-20H2,1-4H3,(H,35,43)(H,36,37,38);1H. The van der Waals surface area contributed by atoms with Crippen LogP contribution in [-0.4, -0.2) is 96.9 Å². The van der Waals surface area contributed by atoms with E-state index in [4.69, 9.17) is 9.47 Å². The van der Waals surface area contributed by atoms with Gasteiger partial charge >= 0.3 is 0 Å². The minimum absolute atomic E-state index is 0. The van der Waals surface area contributed by atoms with Crippen LogP contribution in [0.25, 0.3) is 11.0 Å². The molecule has 0 atom stereocenters. The zero-order valence-corrected chi connectivity index (χ0v) is 28.1. The van der Waals surface area contributed by atoms with Gasteiger partial charge in [-0.25, -0.2) is 0 Å². The summed E-state index contributed by atoms with van der Waals surface area (Å²) >= 11 is 0. The lowest BCUT2D eigenvalue weighted by molar-refractivity contribution is -0.132. The third-order valence-electron chi connectivity index (χ3n) is 8.22. The summed E-state index contributed by atoms with van der Waals surface area (Å²) in [6.45, 7) is 5.91. The minimum Gasteiger partial charge on any atom is -0.495 e.